The molecule has 0 aliphatic rings. The Morgan fingerprint density at radius 3 is 2.04 bits per heavy atom. The smallest absolute Gasteiger partial charge is 0.424 e. The van der Waals surface area contributed by atoms with Crippen molar-refractivity contribution >= 4 is 35.0 Å². The minimum atomic E-state index is -0.893. The quantitative estimate of drug-likeness (QED) is 0.732. The van der Waals surface area contributed by atoms with Gasteiger partial charge in [-0.05, 0) is 47.6 Å². The van der Waals surface area contributed by atoms with E-state index in [2.05, 4.69) is 5.10 Å². The molecule has 0 saturated carbocycles. The molecule has 2 aromatic heterocycles. The van der Waals surface area contributed by atoms with Crippen LogP contribution in [0.5, 0.6) is 5.75 Å². The lowest BCUT2D eigenvalue weighted by Crippen LogP contribution is -2.44. The number of hydrogen-bond acceptors (Lipinski definition) is 6. The number of ether oxygens (including phenoxy) is 3. The van der Waals surface area contributed by atoms with Crippen LogP contribution in [0.15, 0.2) is 18.5 Å². The van der Waals surface area contributed by atoms with Gasteiger partial charge in [0.15, 0.2) is 5.75 Å². The molecule has 0 saturated heterocycles. The Labute approximate surface area is 162 Å². The van der Waals surface area contributed by atoms with Crippen LogP contribution in [0.1, 0.15) is 41.5 Å². The second kappa shape index (κ2) is 7.26. The standard InChI is InChI=1S/C18H24ClN3O5/c1-17(2,3)26-15(23)22(16(24)27-18(4,5)6)12-8-9-21-13(14(12)25-7)11(19)10-20-21/h8-10H,1-7H3. The fourth-order valence-electron chi connectivity index (χ4n) is 2.27. The lowest BCUT2D eigenvalue weighted by Gasteiger charge is -2.29. The zero-order valence-corrected chi connectivity index (χ0v) is 17.2. The Balaban J connectivity index is 2.62. The van der Waals surface area contributed by atoms with Crippen molar-refractivity contribution in [1.82, 2.24) is 9.61 Å². The number of amides is 2. The summed E-state index contributed by atoms with van der Waals surface area (Å²) in [5, 5.41) is 4.40. The molecule has 0 aromatic carbocycles. The highest BCUT2D eigenvalue weighted by molar-refractivity contribution is 6.34. The van der Waals surface area contributed by atoms with E-state index in [1.54, 1.807) is 47.7 Å². The second-order valence-electron chi connectivity index (χ2n) is 7.82. The van der Waals surface area contributed by atoms with Gasteiger partial charge in [0.25, 0.3) is 0 Å². The summed E-state index contributed by atoms with van der Waals surface area (Å²) in [6, 6.07) is 1.50. The van der Waals surface area contributed by atoms with Crippen molar-refractivity contribution in [2.45, 2.75) is 52.7 Å². The topological polar surface area (TPSA) is 82.4 Å². The van der Waals surface area contributed by atoms with E-state index in [0.717, 1.165) is 4.90 Å². The van der Waals surface area contributed by atoms with E-state index in [1.807, 2.05) is 0 Å². The average molecular weight is 398 g/mol. The van der Waals surface area contributed by atoms with Gasteiger partial charge in [-0.25, -0.2) is 14.1 Å². The summed E-state index contributed by atoms with van der Waals surface area (Å²) in [6.07, 6.45) is 1.21. The molecule has 0 bridgehead atoms. The van der Waals surface area contributed by atoms with Crippen LogP contribution in [0, 0.1) is 0 Å². The van der Waals surface area contributed by atoms with Gasteiger partial charge in [0.05, 0.1) is 18.3 Å². The van der Waals surface area contributed by atoms with Crippen LogP contribution in [0.3, 0.4) is 0 Å². The molecule has 148 valence electrons. The molecule has 2 aromatic rings. The number of nitrogens with zero attached hydrogens (tertiary/aromatic N) is 3. The van der Waals surface area contributed by atoms with Crippen LogP contribution < -0.4 is 9.64 Å². The summed E-state index contributed by atoms with van der Waals surface area (Å²) in [4.78, 5) is 26.4. The number of pyridine rings is 1. The molecule has 2 amide bonds. The molecule has 0 aliphatic heterocycles. The maximum Gasteiger partial charge on any atom is 0.424 e. The van der Waals surface area contributed by atoms with Crippen LogP contribution in [-0.4, -0.2) is 40.1 Å². The fraction of sp³-hybridized carbons (Fsp3) is 0.500. The molecule has 0 fully saturated rings. The number of fused-ring (bicyclic) bond motifs is 1. The predicted molar refractivity (Wildman–Crippen MR) is 102 cm³/mol. The minimum Gasteiger partial charge on any atom is -0.492 e. The maximum atomic E-state index is 12.8. The first-order chi connectivity index (χ1) is 12.3. The molecule has 2 rings (SSSR count). The Morgan fingerprint density at radius 1 is 1.07 bits per heavy atom. The summed E-state index contributed by atoms with van der Waals surface area (Å²) in [6.45, 7) is 10.2. The molecule has 8 nitrogen and oxygen atoms in total. The largest absolute Gasteiger partial charge is 0.492 e. The fourth-order valence-corrected chi connectivity index (χ4v) is 2.48. The summed E-state index contributed by atoms with van der Waals surface area (Å²) in [5.41, 5.74) is -1.09. The van der Waals surface area contributed by atoms with Gasteiger partial charge in [-0.2, -0.15) is 10.00 Å². The van der Waals surface area contributed by atoms with Crippen LogP contribution in [0.4, 0.5) is 15.3 Å². The van der Waals surface area contributed by atoms with Crippen LogP contribution in [0.2, 0.25) is 5.02 Å². The predicted octanol–water partition coefficient (Wildman–Crippen LogP) is 4.67. The van der Waals surface area contributed by atoms with Crippen molar-refractivity contribution in [2.24, 2.45) is 0 Å². The molecular weight excluding hydrogens is 374 g/mol. The third kappa shape index (κ3) is 4.82. The third-order valence-corrected chi connectivity index (χ3v) is 3.45. The number of carbonyl (C=O) groups is 2. The van der Waals surface area contributed by atoms with Gasteiger partial charge in [0.1, 0.15) is 22.4 Å². The number of hydrogen-bond donors (Lipinski definition) is 0. The van der Waals surface area contributed by atoms with E-state index in [-0.39, 0.29) is 11.4 Å². The highest BCUT2D eigenvalue weighted by Gasteiger charge is 2.35. The average Bonchev–Trinajstić information content (AvgIpc) is 2.85. The number of methoxy groups -OCH3 is 1. The molecular formula is C18H24ClN3O5. The molecule has 9 heteroatoms. The van der Waals surface area contributed by atoms with E-state index in [4.69, 9.17) is 25.8 Å². The zero-order chi connectivity index (χ0) is 20.6. The van der Waals surface area contributed by atoms with Crippen molar-refractivity contribution in [3.05, 3.63) is 23.5 Å². The van der Waals surface area contributed by atoms with Crippen LogP contribution in [0.25, 0.3) is 5.52 Å². The van der Waals surface area contributed by atoms with Crippen molar-refractivity contribution < 1.29 is 23.8 Å². The lowest BCUT2D eigenvalue weighted by atomic mass is 10.2. The molecule has 0 N–H and O–H groups in total. The van der Waals surface area contributed by atoms with Crippen molar-refractivity contribution in [2.75, 3.05) is 12.0 Å². The first kappa shape index (κ1) is 20.8. The second-order valence-corrected chi connectivity index (χ2v) is 8.22. The van der Waals surface area contributed by atoms with Crippen LogP contribution >= 0.6 is 11.6 Å². The van der Waals surface area contributed by atoms with Gasteiger partial charge in [0, 0.05) is 6.20 Å². The summed E-state index contributed by atoms with van der Waals surface area (Å²) in [7, 11) is 1.41. The Bertz CT molecular complexity index is 836. The molecule has 0 atom stereocenters. The van der Waals surface area contributed by atoms with Gasteiger partial charge >= 0.3 is 12.2 Å². The Kier molecular flexibility index (Phi) is 5.60. The minimum absolute atomic E-state index is 0.135. The van der Waals surface area contributed by atoms with E-state index in [1.165, 1.54) is 23.9 Å². The summed E-state index contributed by atoms with van der Waals surface area (Å²) in [5.74, 6) is 0.191. The molecule has 0 radical (unpaired) electrons. The Morgan fingerprint density at radius 2 is 1.59 bits per heavy atom. The SMILES string of the molecule is COc1c(N(C(=O)OC(C)(C)C)C(=O)OC(C)(C)C)ccn2ncc(Cl)c12. The number of rotatable bonds is 2. The molecule has 2 heterocycles. The number of carbonyl (C=O) groups excluding carboxylic acids is 2. The number of anilines is 1. The van der Waals surface area contributed by atoms with Gasteiger partial charge in [-0.15, -0.1) is 0 Å². The first-order valence-corrected chi connectivity index (χ1v) is 8.68. The van der Waals surface area contributed by atoms with Gasteiger partial charge in [-0.1, -0.05) is 11.6 Å². The molecule has 27 heavy (non-hydrogen) atoms. The lowest BCUT2D eigenvalue weighted by molar-refractivity contribution is 0.0429. The van der Waals surface area contributed by atoms with Crippen molar-refractivity contribution in [3.8, 4) is 5.75 Å². The number of aromatic nitrogens is 2. The van der Waals surface area contributed by atoms with E-state index in [0.29, 0.717) is 10.5 Å². The van der Waals surface area contributed by atoms with Crippen molar-refractivity contribution in [3.63, 3.8) is 0 Å². The normalized spacial score (nSPS) is 12.0. The van der Waals surface area contributed by atoms with Crippen LogP contribution in [-0.2, 0) is 9.47 Å². The Hall–Kier alpha value is -2.48. The molecule has 0 spiro atoms. The summed E-state index contributed by atoms with van der Waals surface area (Å²) >= 11 is 6.19. The highest BCUT2D eigenvalue weighted by Crippen LogP contribution is 2.37. The molecule has 0 aliphatic carbocycles. The van der Waals surface area contributed by atoms with E-state index >= 15 is 0 Å². The maximum absolute atomic E-state index is 12.8. The highest BCUT2D eigenvalue weighted by atomic mass is 35.5. The van der Waals surface area contributed by atoms with E-state index in [9.17, 15) is 9.59 Å². The third-order valence-electron chi connectivity index (χ3n) is 3.17. The van der Waals surface area contributed by atoms with Gasteiger partial charge in [0.2, 0.25) is 0 Å². The molecule has 0 unspecified atom stereocenters. The number of halogens is 1. The van der Waals surface area contributed by atoms with Gasteiger partial charge < -0.3 is 14.2 Å². The number of imide groups is 1. The summed E-state index contributed by atoms with van der Waals surface area (Å²) < 4.78 is 17.7. The zero-order valence-electron chi connectivity index (χ0n) is 16.5. The van der Waals surface area contributed by atoms with Gasteiger partial charge in [-0.3, -0.25) is 0 Å². The van der Waals surface area contributed by atoms with Crippen molar-refractivity contribution in [1.29, 1.82) is 0 Å². The first-order valence-electron chi connectivity index (χ1n) is 8.30. The monoisotopic (exact) mass is 397 g/mol. The van der Waals surface area contributed by atoms with E-state index < -0.39 is 23.4 Å².